The van der Waals surface area contributed by atoms with Crippen LogP contribution in [0.1, 0.15) is 42.0 Å². The van der Waals surface area contributed by atoms with Crippen molar-refractivity contribution in [1.82, 2.24) is 10.3 Å². The molecule has 0 spiro atoms. The van der Waals surface area contributed by atoms with Crippen LogP contribution in [0.2, 0.25) is 0 Å². The molecular formula is C15H18N2OS2. The molecule has 0 aliphatic heterocycles. The summed E-state index contributed by atoms with van der Waals surface area (Å²) in [5.41, 5.74) is -0.302. The minimum absolute atomic E-state index is 0.176. The van der Waals surface area contributed by atoms with E-state index in [0.29, 0.717) is 6.54 Å². The van der Waals surface area contributed by atoms with Crippen LogP contribution in [0.25, 0.3) is 0 Å². The SMILES string of the molecule is O=C(NCc1nccs1)C1(c2cccs2)CCCCC1. The monoisotopic (exact) mass is 306 g/mol. The second-order valence-corrected chi connectivity index (χ2v) is 7.16. The Kier molecular flexibility index (Phi) is 4.17. The largest absolute Gasteiger partial charge is 0.349 e. The van der Waals surface area contributed by atoms with Crippen molar-refractivity contribution in [2.45, 2.75) is 44.1 Å². The molecule has 1 saturated carbocycles. The number of amides is 1. The van der Waals surface area contributed by atoms with Crippen LogP contribution in [0.5, 0.6) is 0 Å². The number of thiazole rings is 1. The number of aromatic nitrogens is 1. The Morgan fingerprint density at radius 1 is 1.25 bits per heavy atom. The first-order chi connectivity index (χ1) is 9.81. The third-order valence-corrected chi connectivity index (χ3v) is 5.87. The Morgan fingerprint density at radius 3 is 2.75 bits per heavy atom. The Hall–Kier alpha value is -1.20. The van der Waals surface area contributed by atoms with E-state index in [9.17, 15) is 4.79 Å². The minimum Gasteiger partial charge on any atom is -0.349 e. The van der Waals surface area contributed by atoms with Gasteiger partial charge in [0.1, 0.15) is 5.01 Å². The van der Waals surface area contributed by atoms with Gasteiger partial charge in [-0.15, -0.1) is 22.7 Å². The standard InChI is InChI=1S/C15H18N2OS2/c18-14(17-11-13-16-8-10-20-13)15(6-2-1-3-7-15)12-5-4-9-19-12/h4-5,8-10H,1-3,6-7,11H2,(H,17,18). The van der Waals surface area contributed by atoms with Crippen molar-refractivity contribution in [3.8, 4) is 0 Å². The molecule has 106 valence electrons. The molecule has 0 bridgehead atoms. The van der Waals surface area contributed by atoms with Gasteiger partial charge < -0.3 is 5.32 Å². The lowest BCUT2D eigenvalue weighted by Gasteiger charge is -2.35. The van der Waals surface area contributed by atoms with Crippen molar-refractivity contribution >= 4 is 28.6 Å². The molecule has 3 rings (SSSR count). The molecule has 0 aromatic carbocycles. The predicted molar refractivity (Wildman–Crippen MR) is 83.0 cm³/mol. The maximum atomic E-state index is 12.8. The fourth-order valence-electron chi connectivity index (χ4n) is 2.96. The van der Waals surface area contributed by atoms with Crippen LogP contribution in [0.15, 0.2) is 29.1 Å². The smallest absolute Gasteiger partial charge is 0.231 e. The predicted octanol–water partition coefficient (Wildman–Crippen LogP) is 3.72. The number of thiophene rings is 1. The van der Waals surface area contributed by atoms with Gasteiger partial charge in [-0.25, -0.2) is 4.98 Å². The van der Waals surface area contributed by atoms with Crippen LogP contribution in [0, 0.1) is 0 Å². The van der Waals surface area contributed by atoms with E-state index in [1.54, 1.807) is 28.9 Å². The summed E-state index contributed by atoms with van der Waals surface area (Å²) in [5.74, 6) is 0.176. The van der Waals surface area contributed by atoms with E-state index < -0.39 is 0 Å². The van der Waals surface area contributed by atoms with Crippen molar-refractivity contribution in [2.75, 3.05) is 0 Å². The van der Waals surface area contributed by atoms with E-state index in [1.165, 1.54) is 11.3 Å². The van der Waals surface area contributed by atoms with Gasteiger partial charge in [0.15, 0.2) is 0 Å². The molecular weight excluding hydrogens is 288 g/mol. The second kappa shape index (κ2) is 6.06. The third-order valence-electron chi connectivity index (χ3n) is 4.02. The normalized spacial score (nSPS) is 17.8. The number of nitrogens with zero attached hydrogens (tertiary/aromatic N) is 1. The molecule has 5 heteroatoms. The van der Waals surface area contributed by atoms with E-state index >= 15 is 0 Å². The van der Waals surface area contributed by atoms with Crippen LogP contribution >= 0.6 is 22.7 Å². The highest BCUT2D eigenvalue weighted by Crippen LogP contribution is 2.41. The molecule has 1 amide bonds. The molecule has 0 atom stereocenters. The summed E-state index contributed by atoms with van der Waals surface area (Å²) >= 11 is 3.29. The Labute approximate surface area is 127 Å². The summed E-state index contributed by atoms with van der Waals surface area (Å²) in [4.78, 5) is 18.2. The fraction of sp³-hybridized carbons (Fsp3) is 0.467. The molecule has 2 aromatic heterocycles. The molecule has 1 fully saturated rings. The lowest BCUT2D eigenvalue weighted by Crippen LogP contribution is -2.45. The molecule has 1 aliphatic carbocycles. The number of nitrogens with one attached hydrogen (secondary N) is 1. The van der Waals surface area contributed by atoms with E-state index in [2.05, 4.69) is 21.7 Å². The number of rotatable bonds is 4. The highest BCUT2D eigenvalue weighted by Gasteiger charge is 2.41. The summed E-state index contributed by atoms with van der Waals surface area (Å²) in [7, 11) is 0. The molecule has 20 heavy (non-hydrogen) atoms. The van der Waals surface area contributed by atoms with Crippen molar-refractivity contribution < 1.29 is 4.79 Å². The molecule has 2 heterocycles. The van der Waals surface area contributed by atoms with Crippen molar-refractivity contribution in [2.24, 2.45) is 0 Å². The Morgan fingerprint density at radius 2 is 2.10 bits per heavy atom. The average molecular weight is 306 g/mol. The van der Waals surface area contributed by atoms with E-state index in [4.69, 9.17) is 0 Å². The highest BCUT2D eigenvalue weighted by atomic mass is 32.1. The first kappa shape index (κ1) is 13.8. The summed E-state index contributed by atoms with van der Waals surface area (Å²) in [5, 5.41) is 8.08. The van der Waals surface area contributed by atoms with Crippen molar-refractivity contribution in [1.29, 1.82) is 0 Å². The molecule has 2 aromatic rings. The van der Waals surface area contributed by atoms with Crippen molar-refractivity contribution in [3.63, 3.8) is 0 Å². The zero-order valence-electron chi connectivity index (χ0n) is 11.3. The van der Waals surface area contributed by atoms with Crippen LogP contribution in [-0.4, -0.2) is 10.9 Å². The van der Waals surface area contributed by atoms with Crippen LogP contribution in [0.3, 0.4) is 0 Å². The van der Waals surface area contributed by atoms with Crippen LogP contribution in [-0.2, 0) is 16.8 Å². The van der Waals surface area contributed by atoms with Gasteiger partial charge in [0.25, 0.3) is 0 Å². The van der Waals surface area contributed by atoms with Gasteiger partial charge in [-0.2, -0.15) is 0 Å². The number of hydrogen-bond donors (Lipinski definition) is 1. The minimum atomic E-state index is -0.302. The van der Waals surface area contributed by atoms with Crippen LogP contribution < -0.4 is 5.32 Å². The topological polar surface area (TPSA) is 42.0 Å². The Bertz CT molecular complexity index is 542. The zero-order valence-corrected chi connectivity index (χ0v) is 12.9. The number of carbonyl (C=O) groups excluding carboxylic acids is 1. The van der Waals surface area contributed by atoms with Gasteiger partial charge in [0, 0.05) is 16.5 Å². The first-order valence-corrected chi connectivity index (χ1v) is 8.78. The van der Waals surface area contributed by atoms with E-state index in [1.807, 2.05) is 11.4 Å². The fourth-order valence-corrected chi connectivity index (χ4v) is 4.50. The maximum absolute atomic E-state index is 12.8. The van der Waals surface area contributed by atoms with Gasteiger partial charge in [-0.3, -0.25) is 4.79 Å². The molecule has 1 aliphatic rings. The summed E-state index contributed by atoms with van der Waals surface area (Å²) < 4.78 is 0. The van der Waals surface area contributed by atoms with Gasteiger partial charge in [-0.05, 0) is 24.3 Å². The van der Waals surface area contributed by atoms with Crippen molar-refractivity contribution in [3.05, 3.63) is 39.0 Å². The quantitative estimate of drug-likeness (QED) is 0.935. The maximum Gasteiger partial charge on any atom is 0.231 e. The van der Waals surface area contributed by atoms with Crippen LogP contribution in [0.4, 0.5) is 0 Å². The van der Waals surface area contributed by atoms with Gasteiger partial charge in [0.05, 0.1) is 12.0 Å². The molecule has 3 nitrogen and oxygen atoms in total. The van der Waals surface area contributed by atoms with E-state index in [-0.39, 0.29) is 11.3 Å². The first-order valence-electron chi connectivity index (χ1n) is 7.02. The molecule has 0 radical (unpaired) electrons. The van der Waals surface area contributed by atoms with E-state index in [0.717, 1.165) is 30.7 Å². The highest BCUT2D eigenvalue weighted by molar-refractivity contribution is 7.10. The Balaban J connectivity index is 1.77. The molecule has 0 saturated heterocycles. The summed E-state index contributed by atoms with van der Waals surface area (Å²) in [6.45, 7) is 0.545. The molecule has 1 N–H and O–H groups in total. The van der Waals surface area contributed by atoms with Gasteiger partial charge in [0.2, 0.25) is 5.91 Å². The number of carbonyl (C=O) groups is 1. The lowest BCUT2D eigenvalue weighted by atomic mass is 9.72. The van der Waals surface area contributed by atoms with Gasteiger partial charge in [-0.1, -0.05) is 25.3 Å². The summed E-state index contributed by atoms with van der Waals surface area (Å²) in [6.07, 6.45) is 7.24. The third kappa shape index (κ3) is 2.65. The second-order valence-electron chi connectivity index (χ2n) is 5.23. The average Bonchev–Trinajstić information content (AvgIpc) is 3.18. The lowest BCUT2D eigenvalue weighted by molar-refractivity contribution is -0.128. The number of hydrogen-bond acceptors (Lipinski definition) is 4. The molecule has 0 unspecified atom stereocenters. The van der Waals surface area contributed by atoms with Gasteiger partial charge >= 0.3 is 0 Å². The summed E-state index contributed by atoms with van der Waals surface area (Å²) in [6, 6.07) is 4.16. The zero-order chi connectivity index (χ0) is 13.8.